The summed E-state index contributed by atoms with van der Waals surface area (Å²) in [6, 6.07) is 0. The van der Waals surface area contributed by atoms with Gasteiger partial charge in [-0.1, -0.05) is 66.7 Å². The summed E-state index contributed by atoms with van der Waals surface area (Å²) in [5.74, 6) is 0. The maximum atomic E-state index is 8.55. The lowest BCUT2D eigenvalue weighted by Gasteiger charge is -2.36. The molecule has 0 fully saturated rings. The van der Waals surface area contributed by atoms with Crippen LogP contribution < -0.4 is 43.3 Å². The highest BCUT2D eigenvalue weighted by Crippen LogP contribution is 2.03. The minimum Gasteiger partial charge on any atom is -0.822 e. The number of unbranched alkanes of at least 4 members (excludes halogenated alkanes) is 5. The van der Waals surface area contributed by atoms with E-state index in [2.05, 4.69) is 63.3 Å². The Labute approximate surface area is 215 Å². The third-order valence-corrected chi connectivity index (χ3v) is 3.02. The average molecular weight is 562 g/mol. The molecule has 13 nitrogen and oxygen atoms in total. The van der Waals surface area contributed by atoms with Gasteiger partial charge in [0.1, 0.15) is 0 Å². The van der Waals surface area contributed by atoms with Crippen LogP contribution in [0.15, 0.2) is 0 Å². The maximum absolute atomic E-state index is 8.55. The molecule has 0 heterocycles. The monoisotopic (exact) mass is 561 g/mol. The van der Waals surface area contributed by atoms with Gasteiger partial charge >= 0.3 is 0 Å². The summed E-state index contributed by atoms with van der Waals surface area (Å²) >= 11 is 0. The quantitative estimate of drug-likeness (QED) is 0.0990. The number of quaternary nitrogens is 5. The van der Waals surface area contributed by atoms with E-state index in [1.54, 1.807) is 0 Å². The van der Waals surface area contributed by atoms with Crippen LogP contribution in [-0.2, 0) is 15.0 Å². The van der Waals surface area contributed by atoms with E-state index in [-0.39, 0.29) is 0 Å². The Bertz CT molecular complexity index is 384. The fraction of sp³-hybridized carbons (Fsp3) is 1.00. The minimum absolute atomic E-state index is 1.09. The minimum atomic E-state index is -5.39. The van der Waals surface area contributed by atoms with Crippen molar-refractivity contribution in [3.8, 4) is 0 Å². The van der Waals surface area contributed by atoms with Gasteiger partial charge in [-0.25, -0.2) is 0 Å². The molecule has 0 rings (SSSR count). The van der Waals surface area contributed by atoms with Crippen molar-refractivity contribution < 1.29 is 65.4 Å². The van der Waals surface area contributed by atoms with Crippen LogP contribution in [0, 0.1) is 0 Å². The second-order valence-corrected chi connectivity index (χ2v) is 8.60. The van der Waals surface area contributed by atoms with Crippen molar-refractivity contribution in [3.63, 3.8) is 0 Å². The van der Waals surface area contributed by atoms with Crippen molar-refractivity contribution in [2.75, 3.05) is 32.7 Å². The molecule has 0 saturated heterocycles. The van der Waals surface area contributed by atoms with Crippen LogP contribution in [0.1, 0.15) is 98.8 Å². The molecular weight excluding hydrogens is 501 g/mol. The zero-order valence-corrected chi connectivity index (χ0v) is 25.0. The Morgan fingerprint density at radius 3 is 0.600 bits per heavy atom. The first kappa shape index (κ1) is 51.4. The van der Waals surface area contributed by atoms with Gasteiger partial charge in [0, 0.05) is 10.4 Å². The largest absolute Gasteiger partial charge is 0.822 e. The van der Waals surface area contributed by atoms with Crippen LogP contribution in [0.4, 0.5) is 0 Å². The lowest BCUT2D eigenvalue weighted by molar-refractivity contribution is -0.432. The van der Waals surface area contributed by atoms with Gasteiger partial charge in [0.15, 0.2) is 0 Å². The third kappa shape index (κ3) is 357. The van der Waals surface area contributed by atoms with E-state index < -0.39 is 18.2 Å². The predicted octanol–water partition coefficient (Wildman–Crippen LogP) is -4.02. The van der Waals surface area contributed by atoms with Crippen molar-refractivity contribution in [2.24, 2.45) is 0 Å². The lowest BCUT2D eigenvalue weighted by Crippen LogP contribution is -2.49. The van der Waals surface area contributed by atoms with Crippen LogP contribution in [-0.4, -0.2) is 50.2 Å². The smallest absolute Gasteiger partial charge is 0.0739 e. The molecule has 0 saturated carbocycles. The highest BCUT2D eigenvalue weighted by molar-refractivity contribution is 7.79. The van der Waals surface area contributed by atoms with Crippen molar-refractivity contribution in [3.05, 3.63) is 0 Å². The first-order valence-electron chi connectivity index (χ1n) is 12.4. The molecule has 0 aromatic rings. The van der Waals surface area contributed by atoms with Gasteiger partial charge in [0.25, 0.3) is 0 Å². The van der Waals surface area contributed by atoms with E-state index in [0.717, 1.165) is 32.7 Å². The van der Waals surface area contributed by atoms with Crippen molar-refractivity contribution in [1.82, 2.24) is 0 Å². The van der Waals surface area contributed by atoms with Gasteiger partial charge in [-0.15, -0.1) is 0 Å². The molecular formula is C20H60N5O8PS. The number of phosphoric acid groups is 1. The summed E-state index contributed by atoms with van der Waals surface area (Å²) in [6.07, 6.45) is 12.8. The molecule has 15 N–H and O–H groups in total. The van der Waals surface area contributed by atoms with E-state index in [4.69, 9.17) is 36.8 Å². The van der Waals surface area contributed by atoms with Crippen LogP contribution in [0.5, 0.6) is 0 Å². The van der Waals surface area contributed by atoms with Crippen LogP contribution in [0.2, 0.25) is 0 Å². The fourth-order valence-corrected chi connectivity index (χ4v) is 1.25. The summed E-state index contributed by atoms with van der Waals surface area (Å²) < 4.78 is 42.6. The zero-order chi connectivity index (χ0) is 29.6. The molecule has 0 radical (unpaired) electrons. The Morgan fingerprint density at radius 2 is 0.600 bits per heavy atom. The van der Waals surface area contributed by atoms with Gasteiger partial charge in [0.2, 0.25) is 0 Å². The second kappa shape index (κ2) is 50.6. The molecule has 0 aliphatic carbocycles. The van der Waals surface area contributed by atoms with Gasteiger partial charge in [-0.2, -0.15) is 7.82 Å². The Kier molecular flexibility index (Phi) is 74.4. The van der Waals surface area contributed by atoms with Crippen LogP contribution in [0.3, 0.4) is 0 Å². The van der Waals surface area contributed by atoms with Crippen molar-refractivity contribution >= 4 is 18.2 Å². The third-order valence-electron chi connectivity index (χ3n) is 3.02. The Morgan fingerprint density at radius 1 is 0.514 bits per heavy atom. The maximum Gasteiger partial charge on any atom is 0.0739 e. The van der Waals surface area contributed by atoms with Gasteiger partial charge < -0.3 is 57.0 Å². The van der Waals surface area contributed by atoms with Crippen LogP contribution >= 0.6 is 7.82 Å². The number of hydrogen-bond donors (Lipinski definition) is 5. The first-order chi connectivity index (χ1) is 16.1. The highest BCUT2D eigenvalue weighted by atomic mass is 32.3. The molecule has 0 aliphatic heterocycles. The molecule has 15 heteroatoms. The first-order valence-corrected chi connectivity index (χ1v) is 15.2. The van der Waals surface area contributed by atoms with E-state index in [1.165, 1.54) is 64.2 Å². The topological polar surface area (TPSA) is 305 Å². The van der Waals surface area contributed by atoms with E-state index >= 15 is 0 Å². The van der Waals surface area contributed by atoms with Gasteiger partial charge in [-0.3, -0.25) is 8.42 Å². The summed E-state index contributed by atoms with van der Waals surface area (Å²) in [7, 11) is -10.6. The average Bonchev–Trinajstić information content (AvgIpc) is 2.71. The lowest BCUT2D eigenvalue weighted by atomic mass is 10.3. The molecule has 35 heavy (non-hydrogen) atoms. The van der Waals surface area contributed by atoms with Crippen molar-refractivity contribution in [1.29, 1.82) is 0 Å². The normalized spacial score (nSPS) is 9.34. The van der Waals surface area contributed by atoms with Gasteiger partial charge in [-0.05, 0) is 32.1 Å². The SMILES string of the molecule is CCCC[NH3+].CCCC[NH3+].CCCC[NH3+].CCCC[NH3+].CCCC[NH3+].O=P([O-])([O-])[O-].O=S(=O)([O-])[O-]. The second-order valence-electron chi connectivity index (χ2n) is 6.89. The number of rotatable bonds is 10. The van der Waals surface area contributed by atoms with E-state index in [0.29, 0.717) is 0 Å². The Hall–Kier alpha value is -0.220. The summed E-state index contributed by atoms with van der Waals surface area (Å²) in [5, 5.41) is 0. The number of hydrogen-bond acceptors (Lipinski definition) is 8. The molecule has 0 unspecified atom stereocenters. The summed E-state index contributed by atoms with van der Waals surface area (Å²) in [5.41, 5.74) is 18.4. The molecule has 0 aliphatic rings. The van der Waals surface area contributed by atoms with E-state index in [9.17, 15) is 0 Å². The molecule has 0 bridgehead atoms. The predicted molar refractivity (Wildman–Crippen MR) is 131 cm³/mol. The molecule has 0 aromatic carbocycles. The molecule has 0 aromatic heterocycles. The standard InChI is InChI=1S/5C4H11N.H3O4P.H2O4S/c5*1-2-3-4-5;2*1-5(2,3)4/h5*2-5H2,1H3;(H3,1,2,3,4);(H2,1,2,3,4). The molecule has 0 spiro atoms. The van der Waals surface area contributed by atoms with E-state index in [1.807, 2.05) is 0 Å². The van der Waals surface area contributed by atoms with Gasteiger partial charge in [0.05, 0.1) is 32.7 Å². The molecule has 0 atom stereocenters. The summed E-state index contributed by atoms with van der Waals surface area (Å²) in [4.78, 5) is 25.6. The summed E-state index contributed by atoms with van der Waals surface area (Å²) in [6.45, 7) is 16.3. The van der Waals surface area contributed by atoms with Crippen molar-refractivity contribution in [2.45, 2.75) is 98.8 Å². The fourth-order valence-electron chi connectivity index (χ4n) is 1.25. The molecule has 224 valence electrons. The zero-order valence-electron chi connectivity index (χ0n) is 23.3. The molecule has 0 amide bonds. The Balaban J connectivity index is -0.0000000523. The highest BCUT2D eigenvalue weighted by Gasteiger charge is 1.73. The van der Waals surface area contributed by atoms with Crippen LogP contribution in [0.25, 0.3) is 0 Å².